The van der Waals surface area contributed by atoms with Crippen molar-refractivity contribution in [3.63, 3.8) is 0 Å². The zero-order valence-corrected chi connectivity index (χ0v) is 15.1. The van der Waals surface area contributed by atoms with Crippen molar-refractivity contribution in [1.82, 2.24) is 14.9 Å². The molecule has 4 atom stereocenters. The second kappa shape index (κ2) is 7.47. The minimum absolute atomic E-state index is 0.0118. The maximum absolute atomic E-state index is 13.2. The van der Waals surface area contributed by atoms with Gasteiger partial charge in [0, 0.05) is 37.1 Å². The van der Waals surface area contributed by atoms with Crippen LogP contribution in [0.2, 0.25) is 5.02 Å². The third kappa shape index (κ3) is 3.82. The lowest BCUT2D eigenvalue weighted by atomic mass is 9.77. The molecule has 0 radical (unpaired) electrons. The van der Waals surface area contributed by atoms with Gasteiger partial charge in [0.05, 0.1) is 18.3 Å². The van der Waals surface area contributed by atoms with Crippen molar-refractivity contribution in [2.75, 3.05) is 18.4 Å². The van der Waals surface area contributed by atoms with E-state index in [1.165, 1.54) is 12.1 Å². The lowest BCUT2D eigenvalue weighted by Crippen LogP contribution is -2.43. The molecule has 7 heteroatoms. The molecule has 2 N–H and O–H groups in total. The van der Waals surface area contributed by atoms with Gasteiger partial charge in [-0.05, 0) is 42.4 Å². The first-order chi connectivity index (χ1) is 12.6. The summed E-state index contributed by atoms with van der Waals surface area (Å²) in [5.74, 6) is 1.38. The minimum Gasteiger partial charge on any atom is -0.391 e. The molecule has 1 aliphatic carbocycles. The third-order valence-corrected chi connectivity index (χ3v) is 5.87. The Kier molecular flexibility index (Phi) is 5.07. The maximum atomic E-state index is 13.2. The number of benzene rings is 1. The van der Waals surface area contributed by atoms with E-state index < -0.39 is 6.10 Å². The quantitative estimate of drug-likeness (QED) is 0.859. The van der Waals surface area contributed by atoms with Crippen molar-refractivity contribution in [1.29, 1.82) is 0 Å². The van der Waals surface area contributed by atoms with Gasteiger partial charge < -0.3 is 10.4 Å². The SMILES string of the molecule is O[C@@H]1C[C@H]2CN(Cc3ccc(F)cc3Cl)C[C@H]2C[C@H]1Nc1cnccn1. The molecule has 0 bridgehead atoms. The van der Waals surface area contributed by atoms with Gasteiger partial charge in [-0.25, -0.2) is 9.37 Å². The van der Waals surface area contributed by atoms with Crippen molar-refractivity contribution >= 4 is 17.4 Å². The highest BCUT2D eigenvalue weighted by Gasteiger charge is 2.41. The highest BCUT2D eigenvalue weighted by atomic mass is 35.5. The number of aliphatic hydroxyl groups excluding tert-OH is 1. The summed E-state index contributed by atoms with van der Waals surface area (Å²) in [7, 11) is 0. The fourth-order valence-electron chi connectivity index (χ4n) is 4.27. The fourth-order valence-corrected chi connectivity index (χ4v) is 4.49. The molecule has 1 saturated heterocycles. The standard InChI is InChI=1S/C19H22ClFN4O/c20-16-7-15(21)2-1-12(16)9-25-10-13-5-17(18(26)6-14(13)11-25)24-19-8-22-3-4-23-19/h1-4,7-8,13-14,17-18,26H,5-6,9-11H2,(H,23,24)/t13-,14+,17-,18-/m1/s1. The van der Waals surface area contributed by atoms with Gasteiger partial charge in [-0.3, -0.25) is 9.88 Å². The average Bonchev–Trinajstić information content (AvgIpc) is 3.00. The van der Waals surface area contributed by atoms with Crippen LogP contribution >= 0.6 is 11.6 Å². The summed E-state index contributed by atoms with van der Waals surface area (Å²) in [6.07, 6.45) is 6.23. The molecule has 0 amide bonds. The van der Waals surface area contributed by atoms with Crippen molar-refractivity contribution < 1.29 is 9.50 Å². The van der Waals surface area contributed by atoms with Crippen LogP contribution in [0.4, 0.5) is 10.2 Å². The van der Waals surface area contributed by atoms with Crippen LogP contribution in [-0.4, -0.2) is 45.2 Å². The number of rotatable bonds is 4. The minimum atomic E-state index is -0.396. The summed E-state index contributed by atoms with van der Waals surface area (Å²) in [6, 6.07) is 4.56. The van der Waals surface area contributed by atoms with Crippen LogP contribution in [0.3, 0.4) is 0 Å². The van der Waals surface area contributed by atoms with Gasteiger partial charge in [-0.1, -0.05) is 17.7 Å². The number of likely N-dealkylation sites (tertiary alicyclic amines) is 1. The fraction of sp³-hybridized carbons (Fsp3) is 0.474. The molecule has 1 aliphatic heterocycles. The second-order valence-electron chi connectivity index (χ2n) is 7.33. The Hall–Kier alpha value is -1.76. The number of fused-ring (bicyclic) bond motifs is 1. The Morgan fingerprint density at radius 3 is 2.77 bits per heavy atom. The van der Waals surface area contributed by atoms with E-state index in [2.05, 4.69) is 20.2 Å². The first-order valence-electron chi connectivity index (χ1n) is 8.95. The van der Waals surface area contributed by atoms with Gasteiger partial charge in [0.15, 0.2) is 0 Å². The number of nitrogens with one attached hydrogen (secondary N) is 1. The smallest absolute Gasteiger partial charge is 0.144 e. The van der Waals surface area contributed by atoms with Gasteiger partial charge in [0.25, 0.3) is 0 Å². The molecule has 138 valence electrons. The molecule has 2 heterocycles. The molecule has 2 fully saturated rings. The molecule has 1 aromatic carbocycles. The van der Waals surface area contributed by atoms with Crippen LogP contribution in [-0.2, 0) is 6.54 Å². The Morgan fingerprint density at radius 1 is 1.23 bits per heavy atom. The highest BCUT2D eigenvalue weighted by Crippen LogP contribution is 2.38. The predicted octanol–water partition coefficient (Wildman–Crippen LogP) is 2.95. The molecular formula is C19H22ClFN4O. The molecule has 2 aliphatic rings. The maximum Gasteiger partial charge on any atom is 0.144 e. The van der Waals surface area contributed by atoms with Crippen LogP contribution in [0.1, 0.15) is 18.4 Å². The van der Waals surface area contributed by atoms with E-state index in [9.17, 15) is 9.50 Å². The normalized spacial score (nSPS) is 28.7. The Morgan fingerprint density at radius 2 is 2.04 bits per heavy atom. The Balaban J connectivity index is 1.39. The lowest BCUT2D eigenvalue weighted by molar-refractivity contribution is 0.0735. The highest BCUT2D eigenvalue weighted by molar-refractivity contribution is 6.31. The third-order valence-electron chi connectivity index (χ3n) is 5.52. The van der Waals surface area contributed by atoms with Crippen molar-refractivity contribution in [3.05, 3.63) is 53.2 Å². The van der Waals surface area contributed by atoms with Crippen molar-refractivity contribution in [3.8, 4) is 0 Å². The van der Waals surface area contributed by atoms with Gasteiger partial charge in [-0.2, -0.15) is 0 Å². The van der Waals surface area contributed by atoms with E-state index in [0.717, 1.165) is 31.5 Å². The number of halogens is 2. The Bertz CT molecular complexity index is 762. The van der Waals surface area contributed by atoms with E-state index in [0.29, 0.717) is 29.2 Å². The molecule has 4 rings (SSSR count). The molecule has 0 spiro atoms. The van der Waals surface area contributed by atoms with Crippen LogP contribution < -0.4 is 5.32 Å². The van der Waals surface area contributed by atoms with E-state index in [4.69, 9.17) is 11.6 Å². The molecule has 0 unspecified atom stereocenters. The number of hydrogen-bond acceptors (Lipinski definition) is 5. The monoisotopic (exact) mass is 376 g/mol. The summed E-state index contributed by atoms with van der Waals surface area (Å²) < 4.78 is 13.2. The summed E-state index contributed by atoms with van der Waals surface area (Å²) in [5.41, 5.74) is 0.946. The van der Waals surface area contributed by atoms with Crippen molar-refractivity contribution in [2.24, 2.45) is 11.8 Å². The van der Waals surface area contributed by atoms with Crippen LogP contribution in [0.5, 0.6) is 0 Å². The summed E-state index contributed by atoms with van der Waals surface area (Å²) in [6.45, 7) is 2.61. The predicted molar refractivity (Wildman–Crippen MR) is 98.4 cm³/mol. The number of aliphatic hydroxyl groups is 1. The molecule has 5 nitrogen and oxygen atoms in total. The molecule has 1 aromatic heterocycles. The average molecular weight is 377 g/mol. The van der Waals surface area contributed by atoms with Crippen LogP contribution in [0.25, 0.3) is 0 Å². The van der Waals surface area contributed by atoms with E-state index >= 15 is 0 Å². The molecule has 2 aromatic rings. The first-order valence-corrected chi connectivity index (χ1v) is 9.33. The number of hydrogen-bond donors (Lipinski definition) is 2. The lowest BCUT2D eigenvalue weighted by Gasteiger charge is -2.35. The van der Waals surface area contributed by atoms with E-state index in [-0.39, 0.29) is 11.9 Å². The zero-order chi connectivity index (χ0) is 18.1. The van der Waals surface area contributed by atoms with Gasteiger partial charge in [0.1, 0.15) is 11.6 Å². The van der Waals surface area contributed by atoms with Gasteiger partial charge in [0.2, 0.25) is 0 Å². The Labute approximate surface area is 157 Å². The second-order valence-corrected chi connectivity index (χ2v) is 7.74. The van der Waals surface area contributed by atoms with E-state index in [1.807, 2.05) is 0 Å². The molecular weight excluding hydrogens is 355 g/mol. The van der Waals surface area contributed by atoms with E-state index in [1.54, 1.807) is 24.7 Å². The van der Waals surface area contributed by atoms with Gasteiger partial charge >= 0.3 is 0 Å². The van der Waals surface area contributed by atoms with Crippen LogP contribution in [0.15, 0.2) is 36.8 Å². The first kappa shape index (κ1) is 17.6. The summed E-state index contributed by atoms with van der Waals surface area (Å²) in [5, 5.41) is 14.3. The van der Waals surface area contributed by atoms with Crippen molar-refractivity contribution in [2.45, 2.75) is 31.5 Å². The summed E-state index contributed by atoms with van der Waals surface area (Å²) >= 11 is 6.17. The molecule has 1 saturated carbocycles. The number of nitrogens with zero attached hydrogens (tertiary/aromatic N) is 3. The summed E-state index contributed by atoms with van der Waals surface area (Å²) in [4.78, 5) is 10.7. The van der Waals surface area contributed by atoms with Gasteiger partial charge in [-0.15, -0.1) is 0 Å². The zero-order valence-electron chi connectivity index (χ0n) is 14.4. The number of anilines is 1. The number of aromatic nitrogens is 2. The largest absolute Gasteiger partial charge is 0.391 e. The topological polar surface area (TPSA) is 61.3 Å². The molecule has 26 heavy (non-hydrogen) atoms. The van der Waals surface area contributed by atoms with Crippen LogP contribution in [0, 0.1) is 17.7 Å².